The standard InChI is InChI=1S/C13H18ClN5/c1-8-7-10-11(18(8)2)12(17-13(14)16-10)19-5-3-9(15)4-6-19/h7,9H,3-6,15H2,1-2H3. The van der Waals surface area contributed by atoms with Gasteiger partial charge in [-0.05, 0) is 37.4 Å². The highest BCUT2D eigenvalue weighted by atomic mass is 35.5. The summed E-state index contributed by atoms with van der Waals surface area (Å²) in [5.74, 6) is 0.928. The number of rotatable bonds is 1. The van der Waals surface area contributed by atoms with Crippen LogP contribution in [0.15, 0.2) is 6.07 Å². The third kappa shape index (κ3) is 2.17. The Labute approximate surface area is 117 Å². The van der Waals surface area contributed by atoms with Crippen LogP contribution in [0.25, 0.3) is 11.0 Å². The van der Waals surface area contributed by atoms with E-state index in [0.717, 1.165) is 48.5 Å². The van der Waals surface area contributed by atoms with E-state index in [1.165, 1.54) is 0 Å². The van der Waals surface area contributed by atoms with Gasteiger partial charge in [0.05, 0.1) is 5.52 Å². The Hall–Kier alpha value is -1.33. The molecule has 2 N–H and O–H groups in total. The SMILES string of the molecule is Cc1cc2nc(Cl)nc(N3CCC(N)CC3)c2n1C. The summed E-state index contributed by atoms with van der Waals surface area (Å²) in [6, 6.07) is 2.35. The van der Waals surface area contributed by atoms with Crippen molar-refractivity contribution in [2.24, 2.45) is 12.8 Å². The lowest BCUT2D eigenvalue weighted by molar-refractivity contribution is 0.499. The summed E-state index contributed by atoms with van der Waals surface area (Å²) in [6.45, 7) is 3.91. The molecule has 3 rings (SSSR count). The van der Waals surface area contributed by atoms with Gasteiger partial charge in [0.25, 0.3) is 0 Å². The number of hydrogen-bond acceptors (Lipinski definition) is 4. The minimum absolute atomic E-state index is 0.305. The first-order valence-corrected chi connectivity index (χ1v) is 6.94. The number of fused-ring (bicyclic) bond motifs is 1. The fourth-order valence-corrected chi connectivity index (χ4v) is 2.83. The monoisotopic (exact) mass is 279 g/mol. The first-order valence-electron chi connectivity index (χ1n) is 6.56. The summed E-state index contributed by atoms with van der Waals surface area (Å²) in [6.07, 6.45) is 1.99. The number of aromatic nitrogens is 3. The summed E-state index contributed by atoms with van der Waals surface area (Å²) >= 11 is 6.05. The molecule has 0 unspecified atom stereocenters. The molecular weight excluding hydrogens is 262 g/mol. The Bertz CT molecular complexity index is 613. The van der Waals surface area contributed by atoms with Crippen molar-refractivity contribution in [3.63, 3.8) is 0 Å². The van der Waals surface area contributed by atoms with Crippen LogP contribution >= 0.6 is 11.6 Å². The number of piperidine rings is 1. The maximum absolute atomic E-state index is 6.05. The number of nitrogens with zero attached hydrogens (tertiary/aromatic N) is 4. The van der Waals surface area contributed by atoms with Crippen LogP contribution < -0.4 is 10.6 Å². The van der Waals surface area contributed by atoms with Crippen molar-refractivity contribution < 1.29 is 0 Å². The molecule has 1 fully saturated rings. The molecule has 0 atom stereocenters. The molecule has 19 heavy (non-hydrogen) atoms. The summed E-state index contributed by atoms with van der Waals surface area (Å²) in [7, 11) is 2.04. The van der Waals surface area contributed by atoms with E-state index in [9.17, 15) is 0 Å². The molecular formula is C13H18ClN5. The Morgan fingerprint density at radius 3 is 2.68 bits per heavy atom. The van der Waals surface area contributed by atoms with E-state index in [0.29, 0.717) is 11.3 Å². The molecule has 0 radical (unpaired) electrons. The van der Waals surface area contributed by atoms with E-state index in [-0.39, 0.29) is 0 Å². The van der Waals surface area contributed by atoms with Gasteiger partial charge < -0.3 is 15.2 Å². The van der Waals surface area contributed by atoms with Gasteiger partial charge in [0.1, 0.15) is 5.52 Å². The average molecular weight is 280 g/mol. The lowest BCUT2D eigenvalue weighted by Gasteiger charge is -2.31. The Balaban J connectivity index is 2.11. The second-order valence-corrected chi connectivity index (χ2v) is 5.56. The van der Waals surface area contributed by atoms with Gasteiger partial charge in [0, 0.05) is 31.9 Å². The molecule has 1 aliphatic rings. The molecule has 1 aliphatic heterocycles. The van der Waals surface area contributed by atoms with E-state index >= 15 is 0 Å². The van der Waals surface area contributed by atoms with Crippen LogP contribution in [0.1, 0.15) is 18.5 Å². The molecule has 0 spiro atoms. The van der Waals surface area contributed by atoms with Gasteiger partial charge in [-0.3, -0.25) is 0 Å². The van der Waals surface area contributed by atoms with Crippen molar-refractivity contribution in [1.29, 1.82) is 0 Å². The number of nitrogens with two attached hydrogens (primary N) is 1. The highest BCUT2D eigenvalue weighted by molar-refractivity contribution is 6.28. The molecule has 1 saturated heterocycles. The smallest absolute Gasteiger partial charge is 0.225 e. The quantitative estimate of drug-likeness (QED) is 0.810. The molecule has 6 heteroatoms. The van der Waals surface area contributed by atoms with Crippen LogP contribution in [0.4, 0.5) is 5.82 Å². The number of halogens is 1. The van der Waals surface area contributed by atoms with Gasteiger partial charge >= 0.3 is 0 Å². The second-order valence-electron chi connectivity index (χ2n) is 5.22. The molecule has 2 aromatic rings. The maximum Gasteiger partial charge on any atom is 0.225 e. The van der Waals surface area contributed by atoms with E-state index in [1.807, 2.05) is 13.1 Å². The Morgan fingerprint density at radius 1 is 1.32 bits per heavy atom. The maximum atomic E-state index is 6.05. The fourth-order valence-electron chi connectivity index (χ4n) is 2.66. The molecule has 0 aliphatic carbocycles. The van der Waals surface area contributed by atoms with Crippen molar-refractivity contribution in [1.82, 2.24) is 14.5 Å². The van der Waals surface area contributed by atoms with Crippen LogP contribution in [-0.4, -0.2) is 33.7 Å². The fraction of sp³-hybridized carbons (Fsp3) is 0.538. The molecule has 3 heterocycles. The second kappa shape index (κ2) is 4.65. The van der Waals surface area contributed by atoms with Crippen LogP contribution in [0.5, 0.6) is 0 Å². The van der Waals surface area contributed by atoms with E-state index in [1.54, 1.807) is 0 Å². The first-order chi connectivity index (χ1) is 9.06. The molecule has 102 valence electrons. The zero-order valence-electron chi connectivity index (χ0n) is 11.2. The lowest BCUT2D eigenvalue weighted by Crippen LogP contribution is -2.40. The van der Waals surface area contributed by atoms with Gasteiger partial charge in [-0.25, -0.2) is 4.98 Å². The molecule has 0 aromatic carbocycles. The van der Waals surface area contributed by atoms with Gasteiger partial charge in [-0.2, -0.15) is 4.98 Å². The Kier molecular flexibility index (Phi) is 3.11. The van der Waals surface area contributed by atoms with Gasteiger partial charge in [-0.1, -0.05) is 0 Å². The van der Waals surface area contributed by atoms with Crippen molar-refractivity contribution in [3.8, 4) is 0 Å². The van der Waals surface area contributed by atoms with E-state index < -0.39 is 0 Å². The zero-order valence-corrected chi connectivity index (χ0v) is 12.0. The van der Waals surface area contributed by atoms with Gasteiger partial charge in [-0.15, -0.1) is 0 Å². The number of aryl methyl sites for hydroxylation is 2. The van der Waals surface area contributed by atoms with Crippen molar-refractivity contribution >= 4 is 28.5 Å². The van der Waals surface area contributed by atoms with Crippen LogP contribution in [-0.2, 0) is 7.05 Å². The predicted molar refractivity (Wildman–Crippen MR) is 77.7 cm³/mol. The average Bonchev–Trinajstić information content (AvgIpc) is 2.65. The topological polar surface area (TPSA) is 60.0 Å². The van der Waals surface area contributed by atoms with Crippen LogP contribution in [0.2, 0.25) is 5.28 Å². The largest absolute Gasteiger partial charge is 0.355 e. The minimum atomic E-state index is 0.305. The zero-order chi connectivity index (χ0) is 13.6. The third-order valence-electron chi connectivity index (χ3n) is 3.91. The third-order valence-corrected chi connectivity index (χ3v) is 4.08. The molecule has 0 saturated carbocycles. The predicted octanol–water partition coefficient (Wildman–Crippen LogP) is 1.86. The van der Waals surface area contributed by atoms with Crippen LogP contribution in [0.3, 0.4) is 0 Å². The molecule has 0 bridgehead atoms. The number of hydrogen-bond donors (Lipinski definition) is 1. The van der Waals surface area contributed by atoms with Crippen molar-refractivity contribution in [2.75, 3.05) is 18.0 Å². The summed E-state index contributed by atoms with van der Waals surface area (Å²) < 4.78 is 2.12. The van der Waals surface area contributed by atoms with Crippen molar-refractivity contribution in [2.45, 2.75) is 25.8 Å². The summed E-state index contributed by atoms with van der Waals surface area (Å²) in [5, 5.41) is 0.308. The molecule has 2 aromatic heterocycles. The normalized spacial score (nSPS) is 17.4. The lowest BCUT2D eigenvalue weighted by atomic mass is 10.1. The van der Waals surface area contributed by atoms with Gasteiger partial charge in [0.15, 0.2) is 5.82 Å². The molecule has 5 nitrogen and oxygen atoms in total. The summed E-state index contributed by atoms with van der Waals surface area (Å²) in [4.78, 5) is 11.0. The highest BCUT2D eigenvalue weighted by Crippen LogP contribution is 2.29. The summed E-state index contributed by atoms with van der Waals surface area (Å²) in [5.41, 5.74) is 9.08. The Morgan fingerprint density at radius 2 is 2.00 bits per heavy atom. The molecule has 0 amide bonds. The first kappa shape index (κ1) is 12.7. The van der Waals surface area contributed by atoms with Gasteiger partial charge in [0.2, 0.25) is 5.28 Å². The van der Waals surface area contributed by atoms with Crippen molar-refractivity contribution in [3.05, 3.63) is 17.0 Å². The minimum Gasteiger partial charge on any atom is -0.355 e. The number of anilines is 1. The van der Waals surface area contributed by atoms with Crippen LogP contribution in [0, 0.1) is 6.92 Å². The van der Waals surface area contributed by atoms with E-state index in [4.69, 9.17) is 17.3 Å². The highest BCUT2D eigenvalue weighted by Gasteiger charge is 2.22. The van der Waals surface area contributed by atoms with E-state index in [2.05, 4.69) is 26.4 Å².